The van der Waals surface area contributed by atoms with Crippen LogP contribution in [0.4, 0.5) is 0 Å². The summed E-state index contributed by atoms with van der Waals surface area (Å²) in [5, 5.41) is 8.01. The molecule has 1 N–H and O–H groups in total. The van der Waals surface area contributed by atoms with Crippen LogP contribution < -0.4 is 10.2 Å². The third-order valence-electron chi connectivity index (χ3n) is 4.33. The zero-order valence-corrected chi connectivity index (χ0v) is 12.5. The Morgan fingerprint density at radius 1 is 1.15 bits per heavy atom. The molecule has 1 aliphatic rings. The zero-order valence-electron chi connectivity index (χ0n) is 12.5. The standard InChI is InChI=1S/C14H19BN2O3/c1-13(2)14(3,4)20-15(19-13)12-9-8-16-17-10(9)6-7-11(12)18-5/h6-8H,1-5H3,(H,16,17). The molecule has 3 rings (SSSR count). The summed E-state index contributed by atoms with van der Waals surface area (Å²) in [5.74, 6) is 0.748. The molecule has 0 aliphatic carbocycles. The van der Waals surface area contributed by atoms with Gasteiger partial charge in [0.15, 0.2) is 0 Å². The molecule has 1 aromatic carbocycles. The van der Waals surface area contributed by atoms with Gasteiger partial charge in [-0.25, -0.2) is 0 Å². The van der Waals surface area contributed by atoms with Gasteiger partial charge >= 0.3 is 7.12 Å². The maximum Gasteiger partial charge on any atom is 0.499 e. The fourth-order valence-electron chi connectivity index (χ4n) is 2.40. The molecule has 2 aromatic rings. The number of ether oxygens (including phenoxy) is 1. The lowest BCUT2D eigenvalue weighted by Crippen LogP contribution is -2.41. The lowest BCUT2D eigenvalue weighted by atomic mass is 9.76. The highest BCUT2D eigenvalue weighted by Crippen LogP contribution is 2.37. The quantitative estimate of drug-likeness (QED) is 0.849. The molecule has 0 saturated carbocycles. The largest absolute Gasteiger partial charge is 0.499 e. The first-order valence-electron chi connectivity index (χ1n) is 6.71. The number of hydrogen-bond donors (Lipinski definition) is 1. The van der Waals surface area contributed by atoms with E-state index in [1.54, 1.807) is 13.3 Å². The maximum atomic E-state index is 6.13. The minimum Gasteiger partial charge on any atom is -0.497 e. The van der Waals surface area contributed by atoms with Gasteiger partial charge in [-0.1, -0.05) is 0 Å². The predicted octanol–water partition coefficient (Wildman–Crippen LogP) is 1.87. The van der Waals surface area contributed by atoms with E-state index in [9.17, 15) is 0 Å². The van der Waals surface area contributed by atoms with Crippen LogP contribution in [0.25, 0.3) is 10.9 Å². The van der Waals surface area contributed by atoms with E-state index in [4.69, 9.17) is 14.0 Å². The molecule has 1 fully saturated rings. The van der Waals surface area contributed by atoms with E-state index in [0.717, 1.165) is 22.1 Å². The van der Waals surface area contributed by atoms with Crippen LogP contribution in [-0.2, 0) is 9.31 Å². The smallest absolute Gasteiger partial charge is 0.497 e. The van der Waals surface area contributed by atoms with Gasteiger partial charge in [0.25, 0.3) is 0 Å². The molecule has 0 atom stereocenters. The first-order chi connectivity index (χ1) is 9.36. The Morgan fingerprint density at radius 2 is 1.80 bits per heavy atom. The molecule has 1 aromatic heterocycles. The van der Waals surface area contributed by atoms with Gasteiger partial charge in [0.05, 0.1) is 30.0 Å². The van der Waals surface area contributed by atoms with E-state index in [1.807, 2.05) is 39.8 Å². The second kappa shape index (κ2) is 4.23. The van der Waals surface area contributed by atoms with Gasteiger partial charge in [-0.15, -0.1) is 0 Å². The van der Waals surface area contributed by atoms with Crippen LogP contribution in [0.3, 0.4) is 0 Å². The van der Waals surface area contributed by atoms with Crippen molar-refractivity contribution in [1.29, 1.82) is 0 Å². The molecule has 2 heterocycles. The predicted molar refractivity (Wildman–Crippen MR) is 78.4 cm³/mol. The second-order valence-electron chi connectivity index (χ2n) is 6.10. The molecule has 20 heavy (non-hydrogen) atoms. The zero-order chi connectivity index (χ0) is 14.5. The van der Waals surface area contributed by atoms with Crippen LogP contribution in [0, 0.1) is 0 Å². The minimum atomic E-state index is -0.462. The molecule has 0 spiro atoms. The molecule has 0 radical (unpaired) electrons. The molecule has 5 nitrogen and oxygen atoms in total. The number of nitrogens with zero attached hydrogens (tertiary/aromatic N) is 1. The first kappa shape index (κ1) is 13.5. The topological polar surface area (TPSA) is 56.4 Å². The van der Waals surface area contributed by atoms with Crippen molar-refractivity contribution in [3.63, 3.8) is 0 Å². The molecule has 6 heteroatoms. The van der Waals surface area contributed by atoms with E-state index >= 15 is 0 Å². The highest BCUT2D eigenvalue weighted by molar-refractivity contribution is 6.66. The SMILES string of the molecule is COc1ccc2[nH]ncc2c1B1OC(C)(C)C(C)(C)O1. The summed E-state index contributed by atoms with van der Waals surface area (Å²) in [7, 11) is 1.19. The Bertz CT molecular complexity index is 635. The number of nitrogens with one attached hydrogen (secondary N) is 1. The number of hydrogen-bond acceptors (Lipinski definition) is 4. The Kier molecular flexibility index (Phi) is 2.85. The fourth-order valence-corrected chi connectivity index (χ4v) is 2.40. The van der Waals surface area contributed by atoms with Crippen LogP contribution in [-0.4, -0.2) is 35.6 Å². The summed E-state index contributed by atoms with van der Waals surface area (Å²) in [6.07, 6.45) is 1.78. The van der Waals surface area contributed by atoms with Crippen LogP contribution in [0.2, 0.25) is 0 Å². The van der Waals surface area contributed by atoms with Crippen molar-refractivity contribution in [1.82, 2.24) is 10.2 Å². The average molecular weight is 274 g/mol. The highest BCUT2D eigenvalue weighted by atomic mass is 16.7. The van der Waals surface area contributed by atoms with Gasteiger partial charge in [-0.2, -0.15) is 5.10 Å². The van der Waals surface area contributed by atoms with E-state index in [2.05, 4.69) is 10.2 Å². The summed E-state index contributed by atoms with van der Waals surface area (Å²) in [4.78, 5) is 0. The maximum absolute atomic E-state index is 6.13. The Labute approximate surface area is 118 Å². The van der Waals surface area contributed by atoms with Gasteiger partial charge in [0.2, 0.25) is 0 Å². The number of aromatic nitrogens is 2. The van der Waals surface area contributed by atoms with Crippen molar-refractivity contribution in [2.24, 2.45) is 0 Å². The fraction of sp³-hybridized carbons (Fsp3) is 0.500. The van der Waals surface area contributed by atoms with Crippen molar-refractivity contribution in [2.45, 2.75) is 38.9 Å². The van der Waals surface area contributed by atoms with Crippen molar-refractivity contribution >= 4 is 23.5 Å². The Morgan fingerprint density at radius 3 is 2.40 bits per heavy atom. The van der Waals surface area contributed by atoms with Gasteiger partial charge in [0.1, 0.15) is 5.75 Å². The molecule has 1 aliphatic heterocycles. The van der Waals surface area contributed by atoms with Crippen molar-refractivity contribution < 1.29 is 14.0 Å². The van der Waals surface area contributed by atoms with Gasteiger partial charge < -0.3 is 14.0 Å². The molecule has 0 amide bonds. The van der Waals surface area contributed by atoms with Crippen LogP contribution in [0.5, 0.6) is 5.75 Å². The molecular weight excluding hydrogens is 255 g/mol. The summed E-state index contributed by atoms with van der Waals surface area (Å²) >= 11 is 0. The van der Waals surface area contributed by atoms with Crippen molar-refractivity contribution in [2.75, 3.05) is 7.11 Å². The summed E-state index contributed by atoms with van der Waals surface area (Å²) in [6, 6.07) is 3.84. The van der Waals surface area contributed by atoms with E-state index in [-0.39, 0.29) is 11.2 Å². The number of methoxy groups -OCH3 is 1. The lowest BCUT2D eigenvalue weighted by molar-refractivity contribution is 0.00578. The first-order valence-corrected chi connectivity index (χ1v) is 6.71. The molecule has 0 bridgehead atoms. The molecule has 106 valence electrons. The minimum absolute atomic E-state index is 0.380. The van der Waals surface area contributed by atoms with Crippen LogP contribution in [0.15, 0.2) is 18.3 Å². The Balaban J connectivity index is 2.13. The number of H-pyrrole nitrogens is 1. The second-order valence-corrected chi connectivity index (χ2v) is 6.10. The molecule has 0 unspecified atom stereocenters. The third-order valence-corrected chi connectivity index (χ3v) is 4.33. The summed E-state index contributed by atoms with van der Waals surface area (Å²) in [6.45, 7) is 8.15. The highest BCUT2D eigenvalue weighted by Gasteiger charge is 2.53. The lowest BCUT2D eigenvalue weighted by Gasteiger charge is -2.32. The van der Waals surface area contributed by atoms with Gasteiger partial charge in [-0.05, 0) is 39.8 Å². The van der Waals surface area contributed by atoms with E-state index in [1.165, 1.54) is 0 Å². The molecule has 1 saturated heterocycles. The third kappa shape index (κ3) is 1.83. The number of aromatic amines is 1. The van der Waals surface area contributed by atoms with Crippen molar-refractivity contribution in [3.8, 4) is 5.75 Å². The Hall–Kier alpha value is -1.53. The summed E-state index contributed by atoms with van der Waals surface area (Å²) < 4.78 is 17.7. The number of fused-ring (bicyclic) bond motifs is 1. The van der Waals surface area contributed by atoms with Crippen molar-refractivity contribution in [3.05, 3.63) is 18.3 Å². The van der Waals surface area contributed by atoms with Crippen LogP contribution >= 0.6 is 0 Å². The van der Waals surface area contributed by atoms with E-state index < -0.39 is 7.12 Å². The molecular formula is C14H19BN2O3. The number of rotatable bonds is 2. The van der Waals surface area contributed by atoms with Gasteiger partial charge in [-0.3, -0.25) is 5.10 Å². The number of benzene rings is 1. The monoisotopic (exact) mass is 274 g/mol. The van der Waals surface area contributed by atoms with E-state index in [0.29, 0.717) is 0 Å². The van der Waals surface area contributed by atoms with Crippen LogP contribution in [0.1, 0.15) is 27.7 Å². The summed E-state index contributed by atoms with van der Waals surface area (Å²) in [5.41, 5.74) is 1.07. The normalized spacial score (nSPS) is 20.6. The van der Waals surface area contributed by atoms with Gasteiger partial charge in [0, 0.05) is 10.8 Å². The average Bonchev–Trinajstić information content (AvgIpc) is 2.90.